The third-order valence-electron chi connectivity index (χ3n) is 4.64. The molecule has 1 aromatic carbocycles. The minimum Gasteiger partial charge on any atom is -0.493 e. The van der Waals surface area contributed by atoms with E-state index in [1.165, 1.54) is 12.5 Å². The van der Waals surface area contributed by atoms with E-state index < -0.39 is 0 Å². The molecule has 0 atom stereocenters. The van der Waals surface area contributed by atoms with E-state index >= 15 is 0 Å². The molecule has 0 unspecified atom stereocenters. The summed E-state index contributed by atoms with van der Waals surface area (Å²) in [6.45, 7) is 10.7. The molecule has 1 N–H and O–H groups in total. The van der Waals surface area contributed by atoms with Crippen LogP contribution in [-0.4, -0.2) is 68.1 Å². The van der Waals surface area contributed by atoms with E-state index in [1.807, 2.05) is 17.0 Å². The molecule has 1 aliphatic heterocycles. The second kappa shape index (κ2) is 10.9. The highest BCUT2D eigenvalue weighted by atomic mass is 16.5. The van der Waals surface area contributed by atoms with Crippen molar-refractivity contribution in [1.82, 2.24) is 15.1 Å². The number of carbonyl (C=O) groups is 2. The van der Waals surface area contributed by atoms with Crippen molar-refractivity contribution in [1.29, 1.82) is 0 Å². The fraction of sp³-hybridized carbons (Fsp3) is 0.619. The first-order chi connectivity index (χ1) is 13.4. The number of amides is 2. The molecule has 7 heteroatoms. The van der Waals surface area contributed by atoms with E-state index in [0.29, 0.717) is 38.6 Å². The number of methoxy groups -OCH3 is 1. The normalized spacial score (nSPS) is 14.8. The van der Waals surface area contributed by atoms with Gasteiger partial charge in [0.25, 0.3) is 0 Å². The minimum absolute atomic E-state index is 0.0988. The first kappa shape index (κ1) is 22.0. The molecule has 0 radical (unpaired) electrons. The molecule has 1 heterocycles. The molecule has 0 spiro atoms. The Balaban J connectivity index is 1.82. The van der Waals surface area contributed by atoms with E-state index in [1.54, 1.807) is 7.11 Å². The van der Waals surface area contributed by atoms with E-state index in [4.69, 9.17) is 9.47 Å². The molecule has 0 aromatic heterocycles. The van der Waals surface area contributed by atoms with E-state index in [-0.39, 0.29) is 11.8 Å². The highest BCUT2D eigenvalue weighted by Gasteiger charge is 2.21. The molecule has 0 aliphatic carbocycles. The van der Waals surface area contributed by atoms with Crippen LogP contribution >= 0.6 is 0 Å². The summed E-state index contributed by atoms with van der Waals surface area (Å²) < 4.78 is 11.3. The van der Waals surface area contributed by atoms with Crippen molar-refractivity contribution in [3.8, 4) is 11.5 Å². The second-order valence-corrected chi connectivity index (χ2v) is 7.58. The van der Waals surface area contributed by atoms with E-state index in [2.05, 4.69) is 30.1 Å². The van der Waals surface area contributed by atoms with Gasteiger partial charge in [-0.2, -0.15) is 0 Å². The Labute approximate surface area is 168 Å². The standard InChI is InChI=1S/C21H33N3O4/c1-16(2)15-28-19-6-5-18(13-20(19)27-4)14-23-9-11-24(12-10-23)21(26)7-8-22-17(3)25/h5-6,13,16H,7-12,14-15H2,1-4H3,(H,22,25). The van der Waals surface area contributed by atoms with Gasteiger partial charge in [-0.3, -0.25) is 14.5 Å². The van der Waals surface area contributed by atoms with Crippen molar-refractivity contribution in [2.45, 2.75) is 33.7 Å². The molecular weight excluding hydrogens is 358 g/mol. The van der Waals surface area contributed by atoms with Crippen LogP contribution in [0.4, 0.5) is 0 Å². The Morgan fingerprint density at radius 2 is 1.86 bits per heavy atom. The van der Waals surface area contributed by atoms with Gasteiger partial charge in [0, 0.05) is 52.6 Å². The van der Waals surface area contributed by atoms with Crippen molar-refractivity contribution >= 4 is 11.8 Å². The van der Waals surface area contributed by atoms with Crippen LogP contribution in [0.1, 0.15) is 32.8 Å². The zero-order valence-corrected chi connectivity index (χ0v) is 17.5. The highest BCUT2D eigenvalue weighted by molar-refractivity contribution is 5.78. The second-order valence-electron chi connectivity index (χ2n) is 7.58. The van der Waals surface area contributed by atoms with Crippen LogP contribution < -0.4 is 14.8 Å². The molecule has 156 valence electrons. The maximum Gasteiger partial charge on any atom is 0.224 e. The third-order valence-corrected chi connectivity index (χ3v) is 4.64. The molecule has 1 saturated heterocycles. The first-order valence-electron chi connectivity index (χ1n) is 9.93. The Morgan fingerprint density at radius 3 is 2.46 bits per heavy atom. The van der Waals surface area contributed by atoms with Gasteiger partial charge in [0.05, 0.1) is 13.7 Å². The van der Waals surface area contributed by atoms with Gasteiger partial charge in [0.15, 0.2) is 11.5 Å². The first-order valence-corrected chi connectivity index (χ1v) is 9.93. The Morgan fingerprint density at radius 1 is 1.14 bits per heavy atom. The maximum atomic E-state index is 12.2. The molecule has 0 bridgehead atoms. The summed E-state index contributed by atoms with van der Waals surface area (Å²) in [5.74, 6) is 1.98. The Hall–Kier alpha value is -2.28. The van der Waals surface area contributed by atoms with E-state index in [9.17, 15) is 9.59 Å². The van der Waals surface area contributed by atoms with Crippen molar-refractivity contribution in [3.63, 3.8) is 0 Å². The summed E-state index contributed by atoms with van der Waals surface area (Å²) in [4.78, 5) is 27.3. The fourth-order valence-electron chi connectivity index (χ4n) is 3.10. The van der Waals surface area contributed by atoms with Gasteiger partial charge in [0.2, 0.25) is 11.8 Å². The lowest BCUT2D eigenvalue weighted by atomic mass is 10.1. The van der Waals surface area contributed by atoms with Crippen molar-refractivity contribution < 1.29 is 19.1 Å². The lowest BCUT2D eigenvalue weighted by Gasteiger charge is -2.35. The zero-order chi connectivity index (χ0) is 20.5. The SMILES string of the molecule is COc1cc(CN2CCN(C(=O)CCNC(C)=O)CC2)ccc1OCC(C)C. The topological polar surface area (TPSA) is 71.1 Å². The summed E-state index contributed by atoms with van der Waals surface area (Å²) in [6.07, 6.45) is 0.356. The van der Waals surface area contributed by atoms with Gasteiger partial charge in [-0.15, -0.1) is 0 Å². The van der Waals surface area contributed by atoms with Gasteiger partial charge < -0.3 is 19.7 Å². The van der Waals surface area contributed by atoms with Crippen molar-refractivity contribution in [2.24, 2.45) is 5.92 Å². The Kier molecular flexibility index (Phi) is 8.57. The molecule has 1 fully saturated rings. The van der Waals surface area contributed by atoms with E-state index in [0.717, 1.165) is 31.1 Å². The lowest BCUT2D eigenvalue weighted by Crippen LogP contribution is -2.48. The largest absolute Gasteiger partial charge is 0.493 e. The average molecular weight is 392 g/mol. The number of piperazine rings is 1. The van der Waals surface area contributed by atoms with Crippen LogP contribution in [0.15, 0.2) is 18.2 Å². The van der Waals surface area contributed by atoms with Crippen LogP contribution in [0, 0.1) is 5.92 Å². The number of ether oxygens (including phenoxy) is 2. The van der Waals surface area contributed by atoms with Gasteiger partial charge in [0.1, 0.15) is 0 Å². The number of nitrogens with zero attached hydrogens (tertiary/aromatic N) is 2. The molecule has 7 nitrogen and oxygen atoms in total. The van der Waals surface area contributed by atoms with Crippen LogP contribution in [0.25, 0.3) is 0 Å². The number of benzene rings is 1. The third kappa shape index (κ3) is 7.03. The van der Waals surface area contributed by atoms with Gasteiger partial charge >= 0.3 is 0 Å². The van der Waals surface area contributed by atoms with Gasteiger partial charge in [-0.05, 0) is 23.6 Å². The molecule has 1 aliphatic rings. The van der Waals surface area contributed by atoms with Crippen LogP contribution in [0.3, 0.4) is 0 Å². The zero-order valence-electron chi connectivity index (χ0n) is 17.5. The highest BCUT2D eigenvalue weighted by Crippen LogP contribution is 2.29. The summed E-state index contributed by atoms with van der Waals surface area (Å²) in [5, 5.41) is 2.67. The van der Waals surface area contributed by atoms with Gasteiger partial charge in [-0.1, -0.05) is 19.9 Å². The van der Waals surface area contributed by atoms with Gasteiger partial charge in [-0.25, -0.2) is 0 Å². The molecular formula is C21H33N3O4. The molecule has 28 heavy (non-hydrogen) atoms. The summed E-state index contributed by atoms with van der Waals surface area (Å²) >= 11 is 0. The quantitative estimate of drug-likeness (QED) is 0.696. The van der Waals surface area contributed by atoms with Crippen LogP contribution in [0.5, 0.6) is 11.5 Å². The lowest BCUT2D eigenvalue weighted by molar-refractivity contribution is -0.133. The van der Waals surface area contributed by atoms with Crippen LogP contribution in [0.2, 0.25) is 0 Å². The summed E-state index contributed by atoms with van der Waals surface area (Å²) in [7, 11) is 1.66. The predicted octanol–water partition coefficient (Wildman–Crippen LogP) is 1.90. The number of hydrogen-bond acceptors (Lipinski definition) is 5. The summed E-state index contributed by atoms with van der Waals surface area (Å²) in [5.41, 5.74) is 1.17. The molecule has 2 amide bonds. The number of carbonyl (C=O) groups excluding carboxylic acids is 2. The Bertz CT molecular complexity index is 655. The molecule has 0 saturated carbocycles. The fourth-order valence-corrected chi connectivity index (χ4v) is 3.10. The number of rotatable bonds is 9. The average Bonchev–Trinajstić information content (AvgIpc) is 2.67. The summed E-state index contributed by atoms with van der Waals surface area (Å²) in [6, 6.07) is 6.07. The molecule has 2 rings (SSSR count). The smallest absolute Gasteiger partial charge is 0.224 e. The van der Waals surface area contributed by atoms with Crippen molar-refractivity contribution in [3.05, 3.63) is 23.8 Å². The predicted molar refractivity (Wildman–Crippen MR) is 108 cm³/mol. The number of hydrogen-bond donors (Lipinski definition) is 1. The van der Waals surface area contributed by atoms with Crippen LogP contribution in [-0.2, 0) is 16.1 Å². The molecule has 1 aromatic rings. The minimum atomic E-state index is -0.103. The van der Waals surface area contributed by atoms with Crippen molar-refractivity contribution in [2.75, 3.05) is 46.4 Å². The maximum absolute atomic E-state index is 12.2. The monoisotopic (exact) mass is 391 g/mol. The number of nitrogens with one attached hydrogen (secondary N) is 1.